The maximum Gasteiger partial charge on any atom is 0.261 e. The van der Waals surface area contributed by atoms with Crippen molar-refractivity contribution in [3.05, 3.63) is 94.5 Å². The van der Waals surface area contributed by atoms with Crippen molar-refractivity contribution in [2.45, 2.75) is 50.7 Å². The number of rotatable bonds is 11. The SMILES string of the molecule is COc1ccc(OCC(=O)N(Cc2ccc(Br)cc2)[C@@H](Cc2ccccc2)C(=O)NC2CCCC2)cc1. The van der Waals surface area contributed by atoms with Crippen molar-refractivity contribution < 1.29 is 19.1 Å². The molecular formula is C30H33BrN2O4. The van der Waals surface area contributed by atoms with Gasteiger partial charge in [0.05, 0.1) is 7.11 Å². The third kappa shape index (κ3) is 7.83. The first-order chi connectivity index (χ1) is 18.0. The largest absolute Gasteiger partial charge is 0.497 e. The number of ether oxygens (including phenoxy) is 2. The fraction of sp³-hybridized carbons (Fsp3) is 0.333. The molecule has 1 N–H and O–H groups in total. The summed E-state index contributed by atoms with van der Waals surface area (Å²) in [6.07, 6.45) is 4.61. The van der Waals surface area contributed by atoms with Crippen LogP contribution in [0.1, 0.15) is 36.8 Å². The number of hydrogen-bond donors (Lipinski definition) is 1. The number of nitrogens with zero attached hydrogens (tertiary/aromatic N) is 1. The predicted molar refractivity (Wildman–Crippen MR) is 148 cm³/mol. The van der Waals surface area contributed by atoms with Gasteiger partial charge in [-0.05, 0) is 60.4 Å². The molecule has 2 amide bonds. The molecule has 0 radical (unpaired) electrons. The highest BCUT2D eigenvalue weighted by molar-refractivity contribution is 9.10. The summed E-state index contributed by atoms with van der Waals surface area (Å²) in [5.41, 5.74) is 1.94. The number of methoxy groups -OCH3 is 1. The molecule has 0 aliphatic heterocycles. The number of hydrogen-bond acceptors (Lipinski definition) is 4. The van der Waals surface area contributed by atoms with Gasteiger partial charge >= 0.3 is 0 Å². The fourth-order valence-corrected chi connectivity index (χ4v) is 4.87. The van der Waals surface area contributed by atoms with E-state index >= 15 is 0 Å². The quantitative estimate of drug-likeness (QED) is 0.332. The maximum atomic E-state index is 13.7. The monoisotopic (exact) mass is 564 g/mol. The minimum absolute atomic E-state index is 0.120. The lowest BCUT2D eigenvalue weighted by atomic mass is 10.0. The number of halogens is 1. The van der Waals surface area contributed by atoms with Crippen LogP contribution in [0.15, 0.2) is 83.3 Å². The van der Waals surface area contributed by atoms with Gasteiger partial charge in [-0.2, -0.15) is 0 Å². The van der Waals surface area contributed by atoms with Gasteiger partial charge in [-0.3, -0.25) is 9.59 Å². The normalized spacial score (nSPS) is 14.1. The van der Waals surface area contributed by atoms with E-state index in [0.29, 0.717) is 24.5 Å². The molecule has 1 atom stereocenters. The summed E-state index contributed by atoms with van der Waals surface area (Å²) in [7, 11) is 1.60. The topological polar surface area (TPSA) is 67.9 Å². The molecule has 0 unspecified atom stereocenters. The molecule has 1 fully saturated rings. The van der Waals surface area contributed by atoms with Crippen LogP contribution in [-0.2, 0) is 22.6 Å². The minimum atomic E-state index is -0.668. The highest BCUT2D eigenvalue weighted by Gasteiger charge is 2.32. The van der Waals surface area contributed by atoms with Gasteiger partial charge in [-0.15, -0.1) is 0 Å². The van der Waals surface area contributed by atoms with Crippen molar-refractivity contribution in [1.82, 2.24) is 10.2 Å². The van der Waals surface area contributed by atoms with E-state index in [1.54, 1.807) is 36.3 Å². The molecule has 1 saturated carbocycles. The molecule has 1 aliphatic rings. The molecule has 0 aromatic heterocycles. The Kier molecular flexibility index (Phi) is 9.60. The summed E-state index contributed by atoms with van der Waals surface area (Å²) >= 11 is 3.47. The number of benzene rings is 3. The number of carbonyl (C=O) groups is 2. The van der Waals surface area contributed by atoms with Gasteiger partial charge in [0.25, 0.3) is 5.91 Å². The van der Waals surface area contributed by atoms with Crippen LogP contribution in [0.25, 0.3) is 0 Å². The fourth-order valence-electron chi connectivity index (χ4n) is 4.61. The van der Waals surface area contributed by atoms with Crippen molar-refractivity contribution >= 4 is 27.7 Å². The Bertz CT molecular complexity index is 1150. The van der Waals surface area contributed by atoms with Gasteiger partial charge in [0, 0.05) is 23.5 Å². The Labute approximate surface area is 227 Å². The Hall–Kier alpha value is -3.32. The first-order valence-electron chi connectivity index (χ1n) is 12.7. The van der Waals surface area contributed by atoms with Crippen molar-refractivity contribution in [2.75, 3.05) is 13.7 Å². The Balaban J connectivity index is 1.58. The lowest BCUT2D eigenvalue weighted by Crippen LogP contribution is -2.53. The van der Waals surface area contributed by atoms with Crippen LogP contribution in [0.5, 0.6) is 11.5 Å². The highest BCUT2D eigenvalue weighted by atomic mass is 79.9. The molecule has 3 aromatic carbocycles. The van der Waals surface area contributed by atoms with E-state index in [1.807, 2.05) is 54.6 Å². The van der Waals surface area contributed by atoms with E-state index in [9.17, 15) is 9.59 Å². The van der Waals surface area contributed by atoms with E-state index in [-0.39, 0.29) is 24.5 Å². The molecule has 7 heteroatoms. The summed E-state index contributed by atoms with van der Waals surface area (Å²) < 4.78 is 12.0. The zero-order chi connectivity index (χ0) is 26.0. The van der Waals surface area contributed by atoms with Crippen LogP contribution in [0.4, 0.5) is 0 Å². The van der Waals surface area contributed by atoms with Gasteiger partial charge in [0.1, 0.15) is 17.5 Å². The molecule has 1 aliphatic carbocycles. The van der Waals surface area contributed by atoms with Gasteiger partial charge < -0.3 is 19.7 Å². The van der Waals surface area contributed by atoms with E-state index < -0.39 is 6.04 Å². The molecule has 0 saturated heterocycles. The maximum absolute atomic E-state index is 13.7. The van der Waals surface area contributed by atoms with Gasteiger partial charge in [0.2, 0.25) is 5.91 Å². The molecule has 4 rings (SSSR count). The summed E-state index contributed by atoms with van der Waals surface area (Å²) in [4.78, 5) is 29.0. The van der Waals surface area contributed by atoms with Crippen LogP contribution in [0.3, 0.4) is 0 Å². The first-order valence-corrected chi connectivity index (χ1v) is 13.5. The Morgan fingerprint density at radius 1 is 0.919 bits per heavy atom. The summed E-state index contributed by atoms with van der Waals surface area (Å²) in [6, 6.07) is 24.2. The van der Waals surface area contributed by atoms with Crippen LogP contribution in [0, 0.1) is 0 Å². The molecule has 0 bridgehead atoms. The lowest BCUT2D eigenvalue weighted by Gasteiger charge is -2.32. The van der Waals surface area contributed by atoms with Crippen LogP contribution in [0.2, 0.25) is 0 Å². The van der Waals surface area contributed by atoms with Gasteiger partial charge in [-0.25, -0.2) is 0 Å². The zero-order valence-electron chi connectivity index (χ0n) is 21.1. The van der Waals surface area contributed by atoms with Crippen molar-refractivity contribution in [3.63, 3.8) is 0 Å². The predicted octanol–water partition coefficient (Wildman–Crippen LogP) is 5.54. The van der Waals surface area contributed by atoms with Crippen LogP contribution < -0.4 is 14.8 Å². The van der Waals surface area contributed by atoms with Crippen molar-refractivity contribution in [2.24, 2.45) is 0 Å². The van der Waals surface area contributed by atoms with Crippen molar-refractivity contribution in [1.29, 1.82) is 0 Å². The molecule has 3 aromatic rings. The van der Waals surface area contributed by atoms with Crippen LogP contribution >= 0.6 is 15.9 Å². The van der Waals surface area contributed by atoms with E-state index in [4.69, 9.17) is 9.47 Å². The third-order valence-corrected chi connectivity index (χ3v) is 7.19. The molecule has 37 heavy (non-hydrogen) atoms. The Morgan fingerprint density at radius 2 is 1.57 bits per heavy atom. The summed E-state index contributed by atoms with van der Waals surface area (Å²) in [5.74, 6) is 0.904. The second-order valence-corrected chi connectivity index (χ2v) is 10.2. The average molecular weight is 566 g/mol. The number of carbonyl (C=O) groups excluding carboxylic acids is 2. The summed E-state index contributed by atoms with van der Waals surface area (Å²) in [5, 5.41) is 3.22. The lowest BCUT2D eigenvalue weighted by molar-refractivity contribution is -0.143. The third-order valence-electron chi connectivity index (χ3n) is 6.66. The second-order valence-electron chi connectivity index (χ2n) is 9.31. The molecule has 0 spiro atoms. The zero-order valence-corrected chi connectivity index (χ0v) is 22.7. The number of nitrogens with one attached hydrogen (secondary N) is 1. The van der Waals surface area contributed by atoms with E-state index in [2.05, 4.69) is 21.2 Å². The minimum Gasteiger partial charge on any atom is -0.497 e. The standard InChI is InChI=1S/C30H33BrN2O4/c1-36-26-15-17-27(18-16-26)37-21-29(34)33(20-23-11-13-24(31)14-12-23)28(19-22-7-3-2-4-8-22)30(35)32-25-9-5-6-10-25/h2-4,7-8,11-18,25,28H,5-6,9-10,19-21H2,1H3,(H,32,35)/t28-/m0/s1. The molecule has 6 nitrogen and oxygen atoms in total. The van der Waals surface area contributed by atoms with Gasteiger partial charge in [0.15, 0.2) is 6.61 Å². The highest BCUT2D eigenvalue weighted by Crippen LogP contribution is 2.21. The number of amides is 2. The molecular weight excluding hydrogens is 532 g/mol. The Morgan fingerprint density at radius 3 is 2.22 bits per heavy atom. The smallest absolute Gasteiger partial charge is 0.261 e. The van der Waals surface area contributed by atoms with Crippen LogP contribution in [-0.4, -0.2) is 42.5 Å². The van der Waals surface area contributed by atoms with E-state index in [0.717, 1.165) is 41.3 Å². The van der Waals surface area contributed by atoms with Crippen molar-refractivity contribution in [3.8, 4) is 11.5 Å². The van der Waals surface area contributed by atoms with E-state index in [1.165, 1.54) is 0 Å². The first kappa shape index (κ1) is 26.7. The molecule has 0 heterocycles. The summed E-state index contributed by atoms with van der Waals surface area (Å²) in [6.45, 7) is 0.124. The second kappa shape index (κ2) is 13.3. The van der Waals surface area contributed by atoms with Gasteiger partial charge in [-0.1, -0.05) is 71.2 Å². The molecule has 194 valence electrons. The average Bonchev–Trinajstić information content (AvgIpc) is 3.44.